The van der Waals surface area contributed by atoms with Crippen LogP contribution in [0.3, 0.4) is 0 Å². The summed E-state index contributed by atoms with van der Waals surface area (Å²) in [6.45, 7) is 0.135. The molecule has 1 unspecified atom stereocenters. The SMILES string of the molecule is NC(CCO)c1cn[nH]c1C1CC1. The van der Waals surface area contributed by atoms with E-state index in [1.165, 1.54) is 18.5 Å². The highest BCUT2D eigenvalue weighted by Crippen LogP contribution is 2.41. The molecule has 72 valence electrons. The Morgan fingerprint density at radius 3 is 3.08 bits per heavy atom. The molecule has 13 heavy (non-hydrogen) atoms. The van der Waals surface area contributed by atoms with Crippen LogP contribution in [0.4, 0.5) is 0 Å². The third kappa shape index (κ3) is 1.73. The number of H-pyrrole nitrogens is 1. The van der Waals surface area contributed by atoms with E-state index in [-0.39, 0.29) is 12.6 Å². The summed E-state index contributed by atoms with van der Waals surface area (Å²) in [5.74, 6) is 0.641. The Morgan fingerprint density at radius 1 is 1.69 bits per heavy atom. The standard InChI is InChI=1S/C9H15N3O/c10-8(3-4-13)7-5-11-12-9(7)6-1-2-6/h5-6,8,13H,1-4,10H2,(H,11,12). The molecule has 0 aromatic carbocycles. The van der Waals surface area contributed by atoms with Crippen molar-refractivity contribution < 1.29 is 5.11 Å². The van der Waals surface area contributed by atoms with Crippen LogP contribution < -0.4 is 5.73 Å². The number of aromatic nitrogens is 2. The van der Waals surface area contributed by atoms with E-state index in [0.29, 0.717) is 12.3 Å². The number of rotatable bonds is 4. The minimum Gasteiger partial charge on any atom is -0.396 e. The molecule has 1 atom stereocenters. The van der Waals surface area contributed by atoms with Crippen LogP contribution >= 0.6 is 0 Å². The number of aliphatic hydroxyl groups is 1. The zero-order valence-electron chi connectivity index (χ0n) is 7.53. The van der Waals surface area contributed by atoms with E-state index in [1.807, 2.05) is 0 Å². The summed E-state index contributed by atoms with van der Waals surface area (Å²) >= 11 is 0. The Balaban J connectivity index is 2.13. The maximum atomic E-state index is 8.77. The molecule has 4 heteroatoms. The van der Waals surface area contributed by atoms with Gasteiger partial charge in [0.15, 0.2) is 0 Å². The zero-order valence-corrected chi connectivity index (χ0v) is 7.53. The van der Waals surface area contributed by atoms with E-state index in [0.717, 1.165) is 5.56 Å². The summed E-state index contributed by atoms with van der Waals surface area (Å²) in [5, 5.41) is 15.8. The van der Waals surface area contributed by atoms with Gasteiger partial charge in [-0.3, -0.25) is 5.10 Å². The molecule has 0 saturated heterocycles. The second-order valence-electron chi connectivity index (χ2n) is 3.63. The van der Waals surface area contributed by atoms with Crippen molar-refractivity contribution in [1.29, 1.82) is 0 Å². The molecule has 0 bridgehead atoms. The molecular weight excluding hydrogens is 166 g/mol. The Hall–Kier alpha value is -0.870. The molecular formula is C9H15N3O. The van der Waals surface area contributed by atoms with Gasteiger partial charge in [0, 0.05) is 29.8 Å². The van der Waals surface area contributed by atoms with Crippen molar-refractivity contribution in [1.82, 2.24) is 10.2 Å². The molecule has 4 nitrogen and oxygen atoms in total. The largest absolute Gasteiger partial charge is 0.396 e. The van der Waals surface area contributed by atoms with E-state index in [2.05, 4.69) is 10.2 Å². The molecule has 1 aromatic rings. The summed E-state index contributed by atoms with van der Waals surface area (Å²) in [6.07, 6.45) is 4.87. The summed E-state index contributed by atoms with van der Waals surface area (Å²) in [5.41, 5.74) is 8.16. The molecule has 1 aromatic heterocycles. The van der Waals surface area contributed by atoms with E-state index < -0.39 is 0 Å². The summed E-state index contributed by atoms with van der Waals surface area (Å²) in [7, 11) is 0. The van der Waals surface area contributed by atoms with Crippen LogP contribution in [-0.4, -0.2) is 21.9 Å². The molecule has 0 aliphatic heterocycles. The Bertz CT molecular complexity index is 280. The van der Waals surface area contributed by atoms with Crippen LogP contribution in [0.2, 0.25) is 0 Å². The van der Waals surface area contributed by atoms with Crippen LogP contribution in [0.1, 0.15) is 42.5 Å². The fourth-order valence-corrected chi connectivity index (χ4v) is 1.59. The van der Waals surface area contributed by atoms with Crippen molar-refractivity contribution in [2.75, 3.05) is 6.61 Å². The highest BCUT2D eigenvalue weighted by atomic mass is 16.3. The first-order valence-electron chi connectivity index (χ1n) is 4.72. The van der Waals surface area contributed by atoms with Crippen molar-refractivity contribution in [3.05, 3.63) is 17.5 Å². The van der Waals surface area contributed by atoms with Crippen molar-refractivity contribution in [2.24, 2.45) is 5.73 Å². The lowest BCUT2D eigenvalue weighted by Crippen LogP contribution is -2.12. The van der Waals surface area contributed by atoms with Gasteiger partial charge in [-0.2, -0.15) is 5.10 Å². The first-order valence-corrected chi connectivity index (χ1v) is 4.72. The third-order valence-corrected chi connectivity index (χ3v) is 2.52. The number of hydrogen-bond donors (Lipinski definition) is 3. The van der Waals surface area contributed by atoms with Gasteiger partial charge in [0.2, 0.25) is 0 Å². The Morgan fingerprint density at radius 2 is 2.46 bits per heavy atom. The summed E-state index contributed by atoms with van der Waals surface area (Å²) in [4.78, 5) is 0. The molecule has 1 saturated carbocycles. The lowest BCUT2D eigenvalue weighted by Gasteiger charge is -2.09. The quantitative estimate of drug-likeness (QED) is 0.639. The van der Waals surface area contributed by atoms with Crippen LogP contribution in [0, 0.1) is 0 Å². The number of nitrogens with one attached hydrogen (secondary N) is 1. The zero-order chi connectivity index (χ0) is 9.26. The van der Waals surface area contributed by atoms with Gasteiger partial charge in [0.05, 0.1) is 6.20 Å². The predicted molar refractivity (Wildman–Crippen MR) is 49.2 cm³/mol. The van der Waals surface area contributed by atoms with Crippen LogP contribution in [0.25, 0.3) is 0 Å². The van der Waals surface area contributed by atoms with Crippen LogP contribution in [0.5, 0.6) is 0 Å². The first kappa shape index (κ1) is 8.72. The summed E-state index contributed by atoms with van der Waals surface area (Å²) in [6, 6.07) is -0.0700. The molecule has 1 aliphatic carbocycles. The average Bonchev–Trinajstić information content (AvgIpc) is 2.84. The molecule has 1 fully saturated rings. The fraction of sp³-hybridized carbons (Fsp3) is 0.667. The highest BCUT2D eigenvalue weighted by molar-refractivity contribution is 5.27. The maximum absolute atomic E-state index is 8.77. The number of aliphatic hydroxyl groups excluding tert-OH is 1. The second-order valence-corrected chi connectivity index (χ2v) is 3.63. The number of hydrogen-bond acceptors (Lipinski definition) is 3. The van der Waals surface area contributed by atoms with Crippen LogP contribution in [-0.2, 0) is 0 Å². The van der Waals surface area contributed by atoms with Gasteiger partial charge in [-0.05, 0) is 19.3 Å². The molecule has 4 N–H and O–H groups in total. The molecule has 0 spiro atoms. The average molecular weight is 181 g/mol. The minimum atomic E-state index is -0.0700. The number of nitrogens with zero attached hydrogens (tertiary/aromatic N) is 1. The smallest absolute Gasteiger partial charge is 0.0538 e. The van der Waals surface area contributed by atoms with Crippen molar-refractivity contribution >= 4 is 0 Å². The molecule has 1 heterocycles. The monoisotopic (exact) mass is 181 g/mol. The normalized spacial score (nSPS) is 18.9. The second kappa shape index (κ2) is 3.47. The van der Waals surface area contributed by atoms with Gasteiger partial charge in [0.1, 0.15) is 0 Å². The molecule has 1 aliphatic rings. The number of nitrogens with two attached hydrogens (primary N) is 1. The minimum absolute atomic E-state index is 0.0700. The van der Waals surface area contributed by atoms with Crippen LogP contribution in [0.15, 0.2) is 6.20 Å². The fourth-order valence-electron chi connectivity index (χ4n) is 1.59. The molecule has 0 radical (unpaired) electrons. The van der Waals surface area contributed by atoms with Gasteiger partial charge >= 0.3 is 0 Å². The van der Waals surface area contributed by atoms with Gasteiger partial charge in [0.25, 0.3) is 0 Å². The summed E-state index contributed by atoms with van der Waals surface area (Å²) < 4.78 is 0. The predicted octanol–water partition coefficient (Wildman–Crippen LogP) is 0.669. The lowest BCUT2D eigenvalue weighted by atomic mass is 10.0. The van der Waals surface area contributed by atoms with Crippen molar-refractivity contribution in [3.63, 3.8) is 0 Å². The Kier molecular flexibility index (Phi) is 2.33. The van der Waals surface area contributed by atoms with Gasteiger partial charge in [-0.25, -0.2) is 0 Å². The molecule has 2 rings (SSSR count). The van der Waals surface area contributed by atoms with Gasteiger partial charge < -0.3 is 10.8 Å². The lowest BCUT2D eigenvalue weighted by molar-refractivity contribution is 0.276. The van der Waals surface area contributed by atoms with Gasteiger partial charge in [-0.15, -0.1) is 0 Å². The maximum Gasteiger partial charge on any atom is 0.0538 e. The number of aromatic amines is 1. The van der Waals surface area contributed by atoms with E-state index >= 15 is 0 Å². The Labute approximate surface area is 77.1 Å². The van der Waals surface area contributed by atoms with E-state index in [4.69, 9.17) is 10.8 Å². The highest BCUT2D eigenvalue weighted by Gasteiger charge is 2.29. The van der Waals surface area contributed by atoms with E-state index in [9.17, 15) is 0 Å². The first-order chi connectivity index (χ1) is 6.33. The van der Waals surface area contributed by atoms with E-state index in [1.54, 1.807) is 6.20 Å². The molecule has 0 amide bonds. The van der Waals surface area contributed by atoms with Crippen molar-refractivity contribution in [2.45, 2.75) is 31.2 Å². The van der Waals surface area contributed by atoms with Crippen molar-refractivity contribution in [3.8, 4) is 0 Å². The third-order valence-electron chi connectivity index (χ3n) is 2.52. The van der Waals surface area contributed by atoms with Gasteiger partial charge in [-0.1, -0.05) is 0 Å². The topological polar surface area (TPSA) is 74.9 Å².